The third-order valence-electron chi connectivity index (χ3n) is 6.13. The number of rotatable bonds is 5. The maximum atomic E-state index is 14.9. The molecule has 0 radical (unpaired) electrons. The maximum Gasteiger partial charge on any atom is 0.417 e. The summed E-state index contributed by atoms with van der Waals surface area (Å²) in [7, 11) is 0. The topological polar surface area (TPSA) is 96.5 Å². The molecule has 1 saturated heterocycles. The average Bonchev–Trinajstić information content (AvgIpc) is 2.93. The quantitative estimate of drug-likeness (QED) is 0.219. The monoisotopic (exact) mass is 573 g/mol. The van der Waals surface area contributed by atoms with E-state index in [1.54, 1.807) is 12.3 Å². The molecule has 0 unspecified atom stereocenters. The number of amides is 2. The number of anilines is 3. The van der Waals surface area contributed by atoms with E-state index in [1.165, 1.54) is 30.3 Å². The Morgan fingerprint density at radius 3 is 2.33 bits per heavy atom. The number of hydrogen-bond acceptors (Lipinski definition) is 6. The van der Waals surface area contributed by atoms with Crippen LogP contribution in [0.1, 0.15) is 21.5 Å². The van der Waals surface area contributed by atoms with E-state index in [1.807, 2.05) is 4.90 Å². The van der Waals surface area contributed by atoms with Crippen molar-refractivity contribution in [3.63, 3.8) is 0 Å². The Morgan fingerprint density at radius 1 is 0.925 bits per heavy atom. The van der Waals surface area contributed by atoms with Crippen molar-refractivity contribution in [1.82, 2.24) is 9.97 Å². The van der Waals surface area contributed by atoms with Crippen LogP contribution in [0.25, 0.3) is 11.0 Å². The number of ketones is 1. The Balaban J connectivity index is 1.30. The number of halogens is 5. The van der Waals surface area contributed by atoms with Gasteiger partial charge in [-0.2, -0.15) is 13.2 Å². The number of nitrogens with one attached hydrogen (secondary N) is 2. The third kappa shape index (κ3) is 5.97. The fourth-order valence-electron chi connectivity index (χ4n) is 4.13. The van der Waals surface area contributed by atoms with Crippen LogP contribution in [-0.2, 0) is 10.9 Å². The summed E-state index contributed by atoms with van der Waals surface area (Å²) in [5.41, 5.74) is -0.299. The van der Waals surface area contributed by atoms with Crippen LogP contribution in [0.2, 0.25) is 5.02 Å². The molecule has 0 aliphatic carbocycles. The van der Waals surface area contributed by atoms with Crippen LogP contribution < -0.4 is 15.5 Å². The minimum atomic E-state index is -4.71. The van der Waals surface area contributed by atoms with Crippen molar-refractivity contribution in [2.75, 3.05) is 41.8 Å². The van der Waals surface area contributed by atoms with Gasteiger partial charge in [-0.3, -0.25) is 9.78 Å². The highest BCUT2D eigenvalue weighted by atomic mass is 35.5. The Hall–Kier alpha value is -4.29. The van der Waals surface area contributed by atoms with Gasteiger partial charge in [0, 0.05) is 30.0 Å². The molecular weight excluding hydrogens is 554 g/mol. The second kappa shape index (κ2) is 11.1. The zero-order valence-corrected chi connectivity index (χ0v) is 21.3. The fourth-order valence-corrected chi connectivity index (χ4v) is 4.36. The van der Waals surface area contributed by atoms with Gasteiger partial charge < -0.3 is 20.3 Å². The number of benzene rings is 3. The molecule has 2 amide bonds. The summed E-state index contributed by atoms with van der Waals surface area (Å²) >= 11 is 5.59. The molecule has 1 aromatic heterocycles. The molecule has 1 aliphatic rings. The van der Waals surface area contributed by atoms with Gasteiger partial charge in [-0.15, -0.1) is 0 Å². The van der Waals surface area contributed by atoms with E-state index in [9.17, 15) is 27.2 Å². The van der Waals surface area contributed by atoms with Crippen LogP contribution in [0.3, 0.4) is 0 Å². The lowest BCUT2D eigenvalue weighted by Gasteiger charge is -2.27. The highest BCUT2D eigenvalue weighted by Crippen LogP contribution is 2.36. The lowest BCUT2D eigenvalue weighted by Crippen LogP contribution is -2.36. The number of carbonyl (C=O) groups excluding carboxylic acids is 2. The Bertz CT molecular complexity index is 1610. The Kier molecular flexibility index (Phi) is 7.55. The maximum absolute atomic E-state index is 14.9. The highest BCUT2D eigenvalue weighted by molar-refractivity contribution is 6.31. The normalized spacial score (nSPS) is 13.8. The molecule has 5 rings (SSSR count). The number of hydrogen-bond donors (Lipinski definition) is 2. The minimum Gasteiger partial charge on any atom is -0.378 e. The number of urea groups is 1. The zero-order valence-electron chi connectivity index (χ0n) is 20.6. The molecule has 8 nitrogen and oxygen atoms in total. The summed E-state index contributed by atoms with van der Waals surface area (Å²) in [5, 5.41) is 4.04. The van der Waals surface area contributed by atoms with Crippen molar-refractivity contribution >= 4 is 51.6 Å². The Morgan fingerprint density at radius 2 is 1.62 bits per heavy atom. The number of ether oxygens (including phenoxy) is 1. The van der Waals surface area contributed by atoms with Crippen molar-refractivity contribution in [1.29, 1.82) is 0 Å². The van der Waals surface area contributed by atoms with Crippen LogP contribution >= 0.6 is 11.6 Å². The van der Waals surface area contributed by atoms with Gasteiger partial charge in [0.05, 0.1) is 46.6 Å². The van der Waals surface area contributed by atoms with Gasteiger partial charge in [0.2, 0.25) is 0 Å². The molecule has 13 heteroatoms. The van der Waals surface area contributed by atoms with Crippen molar-refractivity contribution < 1.29 is 31.9 Å². The second-order valence-electron chi connectivity index (χ2n) is 8.83. The van der Waals surface area contributed by atoms with Crippen molar-refractivity contribution in [3.8, 4) is 0 Å². The van der Waals surface area contributed by atoms with Gasteiger partial charge in [-0.1, -0.05) is 11.6 Å². The van der Waals surface area contributed by atoms with Crippen LogP contribution in [0.4, 0.5) is 39.5 Å². The summed E-state index contributed by atoms with van der Waals surface area (Å²) < 4.78 is 59.5. The second-order valence-corrected chi connectivity index (χ2v) is 9.23. The first-order valence-corrected chi connectivity index (χ1v) is 12.3. The standard InChI is InChI=1S/C27H20ClF4N5O3/c28-20-5-3-16(12-19(20)27(30,31)32)34-26(39)35-17-2-4-18(21(29)13-17)25(38)15-1-6-22-23(11-15)36-24(14-33-22)37-7-9-40-10-8-37/h1-6,11-14H,7-10H2,(H2,34,35,39). The molecule has 3 aromatic carbocycles. The molecule has 2 N–H and O–H groups in total. The van der Waals surface area contributed by atoms with E-state index >= 15 is 0 Å². The molecule has 4 aromatic rings. The minimum absolute atomic E-state index is 0.0175. The van der Waals surface area contributed by atoms with Gasteiger partial charge in [0.15, 0.2) is 5.78 Å². The predicted octanol–water partition coefficient (Wildman–Crippen LogP) is 6.15. The zero-order chi connectivity index (χ0) is 28.4. The summed E-state index contributed by atoms with van der Waals surface area (Å²) in [4.78, 5) is 36.4. The predicted molar refractivity (Wildman–Crippen MR) is 141 cm³/mol. The number of alkyl halides is 3. The van der Waals surface area contributed by atoms with Crippen molar-refractivity contribution in [3.05, 3.63) is 88.3 Å². The molecule has 206 valence electrons. The molecule has 1 fully saturated rings. The van der Waals surface area contributed by atoms with Crippen LogP contribution in [-0.4, -0.2) is 48.1 Å². The largest absolute Gasteiger partial charge is 0.417 e. The molecule has 40 heavy (non-hydrogen) atoms. The number of carbonyl (C=O) groups is 2. The third-order valence-corrected chi connectivity index (χ3v) is 6.46. The average molecular weight is 574 g/mol. The SMILES string of the molecule is O=C(Nc1ccc(C(=O)c2ccc3ncc(N4CCOCC4)nc3c2)c(F)c1)Nc1ccc(Cl)c(C(F)(F)F)c1. The van der Waals surface area contributed by atoms with E-state index in [0.717, 1.165) is 12.1 Å². The van der Waals surface area contributed by atoms with E-state index in [-0.39, 0.29) is 22.5 Å². The Labute approximate surface area is 229 Å². The van der Waals surface area contributed by atoms with Crippen LogP contribution in [0.15, 0.2) is 60.8 Å². The van der Waals surface area contributed by atoms with E-state index in [4.69, 9.17) is 16.3 Å². The van der Waals surface area contributed by atoms with E-state index in [2.05, 4.69) is 20.6 Å². The van der Waals surface area contributed by atoms with Gasteiger partial charge >= 0.3 is 12.2 Å². The lowest BCUT2D eigenvalue weighted by atomic mass is 10.0. The number of fused-ring (bicyclic) bond motifs is 1. The van der Waals surface area contributed by atoms with Gasteiger partial charge in [-0.05, 0) is 54.6 Å². The van der Waals surface area contributed by atoms with Crippen molar-refractivity contribution in [2.24, 2.45) is 0 Å². The number of aromatic nitrogens is 2. The summed E-state index contributed by atoms with van der Waals surface area (Å²) in [5.74, 6) is -0.856. The molecular formula is C27H20ClF4N5O3. The van der Waals surface area contributed by atoms with Crippen LogP contribution in [0.5, 0.6) is 0 Å². The smallest absolute Gasteiger partial charge is 0.378 e. The first-order chi connectivity index (χ1) is 19.1. The fraction of sp³-hybridized carbons (Fsp3) is 0.185. The molecule has 0 bridgehead atoms. The first kappa shape index (κ1) is 27.3. The highest BCUT2D eigenvalue weighted by Gasteiger charge is 2.33. The first-order valence-electron chi connectivity index (χ1n) is 12.0. The number of nitrogens with zero attached hydrogens (tertiary/aromatic N) is 3. The molecule has 0 saturated carbocycles. The summed E-state index contributed by atoms with van der Waals surface area (Å²) in [6, 6.07) is 10.1. The summed E-state index contributed by atoms with van der Waals surface area (Å²) in [6.45, 7) is 2.47. The number of morpholine rings is 1. The molecule has 1 aliphatic heterocycles. The van der Waals surface area contributed by atoms with Gasteiger partial charge in [-0.25, -0.2) is 14.2 Å². The van der Waals surface area contributed by atoms with E-state index < -0.39 is 34.4 Å². The molecule has 0 atom stereocenters. The molecule has 0 spiro atoms. The van der Waals surface area contributed by atoms with Gasteiger partial charge in [0.1, 0.15) is 11.6 Å². The van der Waals surface area contributed by atoms with Crippen molar-refractivity contribution in [2.45, 2.75) is 6.18 Å². The van der Waals surface area contributed by atoms with Crippen LogP contribution in [0, 0.1) is 5.82 Å². The summed E-state index contributed by atoms with van der Waals surface area (Å²) in [6.07, 6.45) is -3.06. The lowest BCUT2D eigenvalue weighted by molar-refractivity contribution is -0.137. The van der Waals surface area contributed by atoms with E-state index in [0.29, 0.717) is 49.2 Å². The molecule has 2 heterocycles. The van der Waals surface area contributed by atoms with Gasteiger partial charge in [0.25, 0.3) is 0 Å².